The fraction of sp³-hybridized carbons (Fsp3) is 1.00. The molecule has 0 fully saturated rings. The minimum atomic E-state index is -2.34. The maximum atomic E-state index is 11.3. The van der Waals surface area contributed by atoms with E-state index in [1.165, 1.54) is 0 Å². The molecule has 1 nitrogen and oxygen atoms in total. The Hall–Kier alpha value is -0.180. The van der Waals surface area contributed by atoms with Crippen molar-refractivity contribution in [1.82, 2.24) is 0 Å². The van der Waals surface area contributed by atoms with E-state index in [9.17, 15) is 8.78 Å². The lowest BCUT2D eigenvalue weighted by Gasteiger charge is -2.04. The number of ether oxygens (including phenoxy) is 1. The molecule has 0 aliphatic heterocycles. The average molecular weight is 154 g/mol. The van der Waals surface area contributed by atoms with Crippen molar-refractivity contribution in [2.24, 2.45) is 0 Å². The summed E-state index contributed by atoms with van der Waals surface area (Å²) >= 11 is 0. The molecule has 0 radical (unpaired) electrons. The Labute approximate surface area is 61.4 Å². The van der Waals surface area contributed by atoms with Crippen LogP contribution in [-0.4, -0.2) is 19.1 Å². The maximum absolute atomic E-state index is 11.3. The average Bonchev–Trinajstić information content (AvgIpc) is 1.89. The van der Waals surface area contributed by atoms with Crippen molar-refractivity contribution in [3.8, 4) is 0 Å². The SMILES string of the molecule is CC.CC(C)OCC(F)F. The van der Waals surface area contributed by atoms with Crippen LogP contribution < -0.4 is 0 Å². The van der Waals surface area contributed by atoms with Gasteiger partial charge in [-0.15, -0.1) is 0 Å². The molecule has 0 atom stereocenters. The highest BCUT2D eigenvalue weighted by Crippen LogP contribution is 1.95. The highest BCUT2D eigenvalue weighted by Gasteiger charge is 2.02. The summed E-state index contributed by atoms with van der Waals surface area (Å²) in [4.78, 5) is 0. The van der Waals surface area contributed by atoms with Crippen LogP contribution in [0.1, 0.15) is 27.7 Å². The fourth-order valence-electron chi connectivity index (χ4n) is 0.265. The number of alkyl halides is 2. The number of halogens is 2. The van der Waals surface area contributed by atoms with Gasteiger partial charge in [-0.3, -0.25) is 0 Å². The van der Waals surface area contributed by atoms with Crippen LogP contribution in [-0.2, 0) is 4.74 Å². The van der Waals surface area contributed by atoms with Crippen molar-refractivity contribution in [1.29, 1.82) is 0 Å². The molecule has 3 heteroatoms. The molecule has 0 saturated heterocycles. The number of rotatable bonds is 3. The van der Waals surface area contributed by atoms with E-state index in [1.54, 1.807) is 13.8 Å². The summed E-state index contributed by atoms with van der Waals surface area (Å²) in [6, 6.07) is 0. The molecule has 0 saturated carbocycles. The molecule has 0 aliphatic carbocycles. The third-order valence-electron chi connectivity index (χ3n) is 0.556. The van der Waals surface area contributed by atoms with Gasteiger partial charge in [0.25, 0.3) is 6.43 Å². The van der Waals surface area contributed by atoms with E-state index in [0.29, 0.717) is 0 Å². The van der Waals surface area contributed by atoms with Crippen LogP contribution in [0.4, 0.5) is 8.78 Å². The molecule has 0 aromatic rings. The normalized spacial score (nSPS) is 9.60. The molecule has 0 unspecified atom stereocenters. The van der Waals surface area contributed by atoms with Crippen molar-refractivity contribution >= 4 is 0 Å². The van der Waals surface area contributed by atoms with Gasteiger partial charge in [-0.05, 0) is 13.8 Å². The molecule has 0 aliphatic rings. The Kier molecular flexibility index (Phi) is 11.0. The summed E-state index contributed by atoms with van der Waals surface area (Å²) in [6.45, 7) is 7.00. The lowest BCUT2D eigenvalue weighted by Crippen LogP contribution is -2.09. The standard InChI is InChI=1S/C5H10F2O.C2H6/c1-4(2)8-3-5(6)7;1-2/h4-5H,3H2,1-2H3;1-2H3. The Morgan fingerprint density at radius 3 is 1.70 bits per heavy atom. The molecule has 0 spiro atoms. The third-order valence-corrected chi connectivity index (χ3v) is 0.556. The van der Waals surface area contributed by atoms with Crippen LogP contribution >= 0.6 is 0 Å². The second kappa shape index (κ2) is 8.82. The summed E-state index contributed by atoms with van der Waals surface area (Å²) < 4.78 is 27.1. The fourth-order valence-corrected chi connectivity index (χ4v) is 0.265. The summed E-state index contributed by atoms with van der Waals surface area (Å²) in [7, 11) is 0. The predicted octanol–water partition coefficient (Wildman–Crippen LogP) is 2.70. The van der Waals surface area contributed by atoms with Gasteiger partial charge in [0.1, 0.15) is 6.61 Å². The van der Waals surface area contributed by atoms with Gasteiger partial charge in [0.05, 0.1) is 6.10 Å². The molecule has 64 valence electrons. The molecule has 0 amide bonds. The summed E-state index contributed by atoms with van der Waals surface area (Å²) in [5, 5.41) is 0. The number of hydrogen-bond acceptors (Lipinski definition) is 1. The van der Waals surface area contributed by atoms with Gasteiger partial charge < -0.3 is 4.74 Å². The van der Waals surface area contributed by atoms with Crippen molar-refractivity contribution in [2.75, 3.05) is 6.61 Å². The Balaban J connectivity index is 0. The van der Waals surface area contributed by atoms with E-state index in [0.717, 1.165) is 0 Å². The van der Waals surface area contributed by atoms with Crippen LogP contribution in [0.25, 0.3) is 0 Å². The van der Waals surface area contributed by atoms with Crippen LogP contribution in [0, 0.1) is 0 Å². The van der Waals surface area contributed by atoms with Gasteiger partial charge >= 0.3 is 0 Å². The maximum Gasteiger partial charge on any atom is 0.261 e. The zero-order valence-electron chi connectivity index (χ0n) is 7.03. The zero-order valence-corrected chi connectivity index (χ0v) is 7.03. The van der Waals surface area contributed by atoms with Crippen molar-refractivity contribution < 1.29 is 13.5 Å². The first kappa shape index (κ1) is 12.5. The van der Waals surface area contributed by atoms with Gasteiger partial charge in [-0.2, -0.15) is 0 Å². The summed E-state index contributed by atoms with van der Waals surface area (Å²) in [5.74, 6) is 0. The van der Waals surface area contributed by atoms with Crippen LogP contribution in [0.15, 0.2) is 0 Å². The van der Waals surface area contributed by atoms with Gasteiger partial charge in [-0.25, -0.2) is 8.78 Å². The minimum Gasteiger partial charge on any atom is -0.373 e. The Morgan fingerprint density at radius 2 is 1.60 bits per heavy atom. The minimum absolute atomic E-state index is 0.0935. The molecule has 0 heterocycles. The lowest BCUT2D eigenvalue weighted by molar-refractivity contribution is -0.0104. The van der Waals surface area contributed by atoms with Gasteiger partial charge in [0.2, 0.25) is 0 Å². The van der Waals surface area contributed by atoms with E-state index in [2.05, 4.69) is 4.74 Å². The van der Waals surface area contributed by atoms with E-state index < -0.39 is 13.0 Å². The molecular formula is C7H16F2O. The van der Waals surface area contributed by atoms with Crippen LogP contribution in [0.5, 0.6) is 0 Å². The third kappa shape index (κ3) is 15.7. The van der Waals surface area contributed by atoms with E-state index >= 15 is 0 Å². The molecule has 0 bridgehead atoms. The Bertz CT molecular complexity index is 47.6. The Morgan fingerprint density at radius 1 is 1.20 bits per heavy atom. The monoisotopic (exact) mass is 154 g/mol. The molecular weight excluding hydrogens is 138 g/mol. The second-order valence-corrected chi connectivity index (χ2v) is 1.77. The van der Waals surface area contributed by atoms with Crippen LogP contribution in [0.2, 0.25) is 0 Å². The van der Waals surface area contributed by atoms with Crippen LogP contribution in [0.3, 0.4) is 0 Å². The molecule has 0 aromatic carbocycles. The van der Waals surface area contributed by atoms with Gasteiger partial charge in [0, 0.05) is 0 Å². The summed E-state index contributed by atoms with van der Waals surface area (Å²) in [5.41, 5.74) is 0. The van der Waals surface area contributed by atoms with E-state index in [1.807, 2.05) is 13.8 Å². The highest BCUT2D eigenvalue weighted by atomic mass is 19.3. The van der Waals surface area contributed by atoms with E-state index in [-0.39, 0.29) is 6.10 Å². The zero-order chi connectivity index (χ0) is 8.57. The highest BCUT2D eigenvalue weighted by molar-refractivity contribution is 4.38. The van der Waals surface area contributed by atoms with Crippen molar-refractivity contribution in [3.63, 3.8) is 0 Å². The first-order valence-corrected chi connectivity index (χ1v) is 3.52. The topological polar surface area (TPSA) is 9.23 Å². The molecule has 0 N–H and O–H groups in total. The second-order valence-electron chi connectivity index (χ2n) is 1.77. The predicted molar refractivity (Wildman–Crippen MR) is 38.4 cm³/mol. The lowest BCUT2D eigenvalue weighted by atomic mass is 10.5. The first-order valence-electron chi connectivity index (χ1n) is 3.52. The van der Waals surface area contributed by atoms with Gasteiger partial charge in [-0.1, -0.05) is 13.8 Å². The number of hydrogen-bond donors (Lipinski definition) is 0. The van der Waals surface area contributed by atoms with Crippen molar-refractivity contribution in [3.05, 3.63) is 0 Å². The van der Waals surface area contributed by atoms with E-state index in [4.69, 9.17) is 0 Å². The largest absolute Gasteiger partial charge is 0.373 e. The smallest absolute Gasteiger partial charge is 0.261 e. The first-order chi connectivity index (χ1) is 4.63. The summed E-state index contributed by atoms with van der Waals surface area (Å²) in [6.07, 6.45) is -2.43. The van der Waals surface area contributed by atoms with Crippen molar-refractivity contribution in [2.45, 2.75) is 40.2 Å². The molecule has 10 heavy (non-hydrogen) atoms. The molecule has 0 rings (SSSR count). The quantitative estimate of drug-likeness (QED) is 0.607. The van der Waals surface area contributed by atoms with Gasteiger partial charge in [0.15, 0.2) is 0 Å². The molecule has 0 aromatic heterocycles.